The molecular weight excluding hydrogens is 619 g/mol. The van der Waals surface area contributed by atoms with Crippen molar-refractivity contribution in [2.45, 2.75) is 19.3 Å². The second-order valence-corrected chi connectivity index (χ2v) is 9.33. The number of hydrogen-bond donors (Lipinski definition) is 0. The summed E-state index contributed by atoms with van der Waals surface area (Å²) in [7, 11) is 0. The van der Waals surface area contributed by atoms with E-state index in [1.54, 1.807) is 0 Å². The van der Waals surface area contributed by atoms with E-state index in [-0.39, 0.29) is 21.1 Å². The quantitative estimate of drug-likeness (QED) is 0.182. The Kier molecular flexibility index (Phi) is 6.56. The Morgan fingerprint density at radius 1 is 0.556 bits per heavy atom. The number of pyridine rings is 2. The Balaban J connectivity index is 0.00000267. The third-order valence-electron chi connectivity index (χ3n) is 6.69. The molecule has 0 N–H and O–H groups in total. The Labute approximate surface area is 226 Å². The van der Waals surface area contributed by atoms with Crippen LogP contribution in [0.15, 0.2) is 109 Å². The first kappa shape index (κ1) is 24.1. The number of hydrogen-bond acceptors (Lipinski definition) is 2. The maximum absolute atomic E-state index is 5.22. The summed E-state index contributed by atoms with van der Waals surface area (Å²) in [5.74, 6) is 0. The number of aromatic nitrogens is 2. The zero-order valence-corrected chi connectivity index (χ0v) is 22.4. The summed E-state index contributed by atoms with van der Waals surface area (Å²) in [6.45, 7) is 4.41. The van der Waals surface area contributed by atoms with Gasteiger partial charge in [-0.15, -0.1) is 71.8 Å². The van der Waals surface area contributed by atoms with Gasteiger partial charge in [0.05, 0.1) is 0 Å². The zero-order valence-electron chi connectivity index (χ0n) is 20.1. The molecule has 4 aromatic carbocycles. The molecule has 2 aromatic heterocycles. The van der Waals surface area contributed by atoms with Crippen molar-refractivity contribution >= 4 is 21.5 Å². The summed E-state index contributed by atoms with van der Waals surface area (Å²) in [4.78, 5) is 10.4. The molecule has 0 radical (unpaired) electrons. The molecule has 0 spiro atoms. The summed E-state index contributed by atoms with van der Waals surface area (Å²) in [5, 5.41) is 4.58. The summed E-state index contributed by atoms with van der Waals surface area (Å²) in [5.41, 5.74) is 5.41. The van der Waals surface area contributed by atoms with Gasteiger partial charge in [0.15, 0.2) is 0 Å². The Bertz CT molecular complexity index is 1530. The molecule has 0 atom stereocenters. The summed E-state index contributed by atoms with van der Waals surface area (Å²) < 4.78 is 0. The summed E-state index contributed by atoms with van der Waals surface area (Å²) >= 11 is 0. The van der Waals surface area contributed by atoms with Crippen molar-refractivity contribution in [3.8, 4) is 22.5 Å². The molecule has 0 aliphatic rings. The molecule has 0 bridgehead atoms. The van der Waals surface area contributed by atoms with Gasteiger partial charge in [0.25, 0.3) is 0 Å². The van der Waals surface area contributed by atoms with Crippen molar-refractivity contribution in [3.63, 3.8) is 0 Å². The van der Waals surface area contributed by atoms with Crippen molar-refractivity contribution in [1.29, 1.82) is 0 Å². The molecule has 6 rings (SSSR count). The Morgan fingerprint density at radius 2 is 0.972 bits per heavy atom. The molecule has 3 heteroatoms. The number of benzene rings is 4. The van der Waals surface area contributed by atoms with Crippen LogP contribution in [0.1, 0.15) is 25.2 Å². The van der Waals surface area contributed by atoms with E-state index in [0.717, 1.165) is 55.4 Å². The maximum Gasteiger partial charge on any atom is 2.00 e. The fourth-order valence-corrected chi connectivity index (χ4v) is 4.66. The van der Waals surface area contributed by atoms with E-state index >= 15 is 0 Å². The van der Waals surface area contributed by atoms with Crippen molar-refractivity contribution in [2.75, 3.05) is 0 Å². The molecule has 6 aromatic rings. The van der Waals surface area contributed by atoms with Crippen molar-refractivity contribution in [1.82, 2.24) is 9.97 Å². The van der Waals surface area contributed by atoms with Crippen LogP contribution < -0.4 is 0 Å². The minimum absolute atomic E-state index is 0. The molecule has 36 heavy (non-hydrogen) atoms. The topological polar surface area (TPSA) is 25.8 Å². The normalized spacial score (nSPS) is 11.4. The molecule has 0 aliphatic carbocycles. The van der Waals surface area contributed by atoms with Crippen LogP contribution in [0.25, 0.3) is 44.1 Å². The predicted molar refractivity (Wildman–Crippen MR) is 144 cm³/mol. The van der Waals surface area contributed by atoms with Crippen molar-refractivity contribution in [2.24, 2.45) is 0 Å². The monoisotopic (exact) mass is 643 g/mol. The van der Waals surface area contributed by atoms with Gasteiger partial charge in [0, 0.05) is 16.8 Å². The average molecular weight is 644 g/mol. The first-order valence-corrected chi connectivity index (χ1v) is 11.9. The van der Waals surface area contributed by atoms with E-state index < -0.39 is 5.41 Å². The summed E-state index contributed by atoms with van der Waals surface area (Å²) in [6, 6.07) is 44.1. The fraction of sp³-hybridized carbons (Fsp3) is 0.0909. The summed E-state index contributed by atoms with van der Waals surface area (Å²) in [6.07, 6.45) is 0. The molecule has 0 amide bonds. The van der Waals surface area contributed by atoms with Gasteiger partial charge in [-0.1, -0.05) is 48.5 Å². The van der Waals surface area contributed by atoms with Gasteiger partial charge in [-0.05, 0) is 58.9 Å². The third kappa shape index (κ3) is 4.27. The second-order valence-electron chi connectivity index (χ2n) is 9.33. The van der Waals surface area contributed by atoms with Gasteiger partial charge in [0.2, 0.25) is 0 Å². The third-order valence-corrected chi connectivity index (χ3v) is 6.69. The van der Waals surface area contributed by atoms with Crippen LogP contribution in [0.5, 0.6) is 0 Å². The Hall–Kier alpha value is -3.61. The fourth-order valence-electron chi connectivity index (χ4n) is 4.66. The second kappa shape index (κ2) is 9.80. The molecule has 2 nitrogen and oxygen atoms in total. The van der Waals surface area contributed by atoms with Gasteiger partial charge in [-0.2, -0.15) is 0 Å². The minimum Gasteiger partial charge on any atom is -0.300 e. The van der Waals surface area contributed by atoms with Crippen molar-refractivity contribution in [3.05, 3.63) is 133 Å². The number of fused-ring (bicyclic) bond motifs is 2. The SMILES string of the molecule is CC(C)(c1cc2ccccc2c(-c2[c-]cccc2)n1)c1cc2ccccc2c(-c2[c-]cccc2)n1.[Pt+2]. The van der Waals surface area contributed by atoms with Crippen LogP contribution in [0.2, 0.25) is 0 Å². The maximum atomic E-state index is 5.22. The minimum atomic E-state index is -0.429. The molecule has 0 fully saturated rings. The molecule has 0 aliphatic heterocycles. The van der Waals surface area contributed by atoms with Gasteiger partial charge in [-0.25, -0.2) is 0 Å². The first-order valence-electron chi connectivity index (χ1n) is 11.9. The zero-order chi connectivity index (χ0) is 23.8. The van der Waals surface area contributed by atoms with Gasteiger partial charge < -0.3 is 0 Å². The van der Waals surface area contributed by atoms with E-state index in [2.05, 4.69) is 98.8 Å². The van der Waals surface area contributed by atoms with Crippen LogP contribution in [-0.4, -0.2) is 9.97 Å². The van der Waals surface area contributed by atoms with Gasteiger partial charge in [0.1, 0.15) is 0 Å². The first-order chi connectivity index (χ1) is 17.1. The number of nitrogens with zero attached hydrogens (tertiary/aromatic N) is 2. The van der Waals surface area contributed by atoms with E-state index in [9.17, 15) is 0 Å². The smallest absolute Gasteiger partial charge is 0.300 e. The molecule has 176 valence electrons. The van der Waals surface area contributed by atoms with E-state index in [4.69, 9.17) is 9.97 Å². The van der Waals surface area contributed by atoms with Crippen LogP contribution in [0.3, 0.4) is 0 Å². The van der Waals surface area contributed by atoms with E-state index in [0.29, 0.717) is 0 Å². The standard InChI is InChI=1S/C33H24N2.Pt/c1-33(2,29-21-25-17-9-11-19-27(25)31(34-29)23-13-5-3-6-14-23)30-22-26-18-10-12-20-28(26)32(35-30)24-15-7-4-8-16-24;/h3-13,15,17-22H,1-2H3;/q-2;+2. The molecule has 0 unspecified atom stereocenters. The van der Waals surface area contributed by atoms with Gasteiger partial charge >= 0.3 is 21.1 Å². The van der Waals surface area contributed by atoms with Crippen LogP contribution >= 0.6 is 0 Å². The largest absolute Gasteiger partial charge is 2.00 e. The van der Waals surface area contributed by atoms with Crippen molar-refractivity contribution < 1.29 is 21.1 Å². The van der Waals surface area contributed by atoms with Crippen LogP contribution in [0, 0.1) is 12.1 Å². The number of rotatable bonds is 4. The van der Waals surface area contributed by atoms with E-state index in [1.165, 1.54) is 0 Å². The molecule has 0 saturated heterocycles. The Morgan fingerprint density at radius 3 is 1.39 bits per heavy atom. The molecule has 2 heterocycles. The predicted octanol–water partition coefficient (Wildman–Crippen LogP) is 8.04. The molecular formula is C33H24N2Pt. The molecule has 0 saturated carbocycles. The average Bonchev–Trinajstić information content (AvgIpc) is 2.92. The van der Waals surface area contributed by atoms with Gasteiger partial charge in [-0.3, -0.25) is 9.97 Å². The van der Waals surface area contributed by atoms with Crippen LogP contribution in [0.4, 0.5) is 0 Å². The van der Waals surface area contributed by atoms with E-state index in [1.807, 2.05) is 36.4 Å². The van der Waals surface area contributed by atoms with Crippen LogP contribution in [-0.2, 0) is 26.5 Å².